The summed E-state index contributed by atoms with van der Waals surface area (Å²) in [5.41, 5.74) is 4.24. The minimum atomic E-state index is -1.18. The smallest absolute Gasteiger partial charge is 0.340 e. The van der Waals surface area contributed by atoms with Gasteiger partial charge in [-0.2, -0.15) is 0 Å². The third-order valence-corrected chi connectivity index (χ3v) is 5.96. The molecule has 0 aliphatic carbocycles. The summed E-state index contributed by atoms with van der Waals surface area (Å²) in [5.74, 6) is -0.964. The number of rotatable bonds is 6. The predicted octanol–water partition coefficient (Wildman–Crippen LogP) is 7.34. The number of carboxylic acids is 1. The van der Waals surface area contributed by atoms with E-state index < -0.39 is 11.6 Å². The van der Waals surface area contributed by atoms with Crippen LogP contribution in [0.1, 0.15) is 49.5 Å². The first-order valence-corrected chi connectivity index (χ1v) is 11.1. The quantitative estimate of drug-likeness (QED) is 0.394. The fraction of sp³-hybridized carbons (Fsp3) is 0.207. The molecule has 1 unspecified atom stereocenters. The summed E-state index contributed by atoms with van der Waals surface area (Å²) in [6.45, 7) is 6.13. The second-order valence-corrected chi connectivity index (χ2v) is 8.88. The Kier molecular flexibility index (Phi) is 6.10. The Morgan fingerprint density at radius 2 is 1.64 bits per heavy atom. The van der Waals surface area contributed by atoms with Gasteiger partial charge < -0.3 is 14.9 Å². The van der Waals surface area contributed by atoms with Crippen molar-refractivity contribution in [2.75, 3.05) is 0 Å². The summed E-state index contributed by atoms with van der Waals surface area (Å²) in [7, 11) is 0. The van der Waals surface area contributed by atoms with Gasteiger partial charge in [0.15, 0.2) is 0 Å². The number of benzene rings is 3. The van der Waals surface area contributed by atoms with E-state index in [-0.39, 0.29) is 11.3 Å². The van der Waals surface area contributed by atoms with E-state index in [0.29, 0.717) is 22.4 Å². The first kappa shape index (κ1) is 22.4. The summed E-state index contributed by atoms with van der Waals surface area (Å²) < 4.78 is 6.30. The number of carbonyl (C=O) groups is 1. The van der Waals surface area contributed by atoms with Crippen LogP contribution in [0, 0.1) is 0 Å². The minimum absolute atomic E-state index is 0.123. The van der Waals surface area contributed by atoms with Gasteiger partial charge in [0.1, 0.15) is 22.7 Å². The number of ether oxygens (including phenoxy) is 1. The summed E-state index contributed by atoms with van der Waals surface area (Å²) >= 11 is 0. The lowest BCUT2D eigenvalue weighted by Gasteiger charge is -2.32. The van der Waals surface area contributed by atoms with E-state index in [1.54, 1.807) is 12.1 Å². The second kappa shape index (κ2) is 8.99. The highest BCUT2D eigenvalue weighted by Gasteiger charge is 2.31. The number of carboxylic acid groups (broad SMARTS) is 1. The van der Waals surface area contributed by atoms with Crippen LogP contribution in [0.4, 0.5) is 0 Å². The molecule has 3 aromatic carbocycles. The van der Waals surface area contributed by atoms with E-state index >= 15 is 0 Å². The molecule has 0 radical (unpaired) electrons. The van der Waals surface area contributed by atoms with Crippen molar-refractivity contribution in [3.8, 4) is 33.8 Å². The van der Waals surface area contributed by atoms with Crippen LogP contribution in [0.3, 0.4) is 0 Å². The highest BCUT2D eigenvalue weighted by atomic mass is 16.5. The molecular weight excluding hydrogens is 412 g/mol. The summed E-state index contributed by atoms with van der Waals surface area (Å²) in [6, 6.07) is 19.4. The van der Waals surface area contributed by atoms with E-state index in [0.717, 1.165) is 24.0 Å². The SMILES string of the molecule is CC(C)=CCCC1(C)C=Cc2c(cc(-c3ccc(-c4ccccc4)cc3)c(C(=O)O)c2O)O1. The molecule has 168 valence electrons. The van der Waals surface area contributed by atoms with Crippen LogP contribution in [0.15, 0.2) is 78.4 Å². The van der Waals surface area contributed by atoms with Gasteiger partial charge in [-0.1, -0.05) is 66.2 Å². The van der Waals surface area contributed by atoms with Crippen LogP contribution < -0.4 is 4.74 Å². The highest BCUT2D eigenvalue weighted by Crippen LogP contribution is 2.44. The van der Waals surface area contributed by atoms with Gasteiger partial charge in [-0.3, -0.25) is 0 Å². The van der Waals surface area contributed by atoms with Crippen LogP contribution in [-0.4, -0.2) is 21.8 Å². The molecule has 1 heterocycles. The molecule has 1 atom stereocenters. The van der Waals surface area contributed by atoms with Crippen molar-refractivity contribution in [3.63, 3.8) is 0 Å². The Labute approximate surface area is 194 Å². The van der Waals surface area contributed by atoms with E-state index in [1.165, 1.54) is 5.57 Å². The maximum Gasteiger partial charge on any atom is 0.340 e. The zero-order valence-electron chi connectivity index (χ0n) is 19.1. The number of aromatic hydroxyl groups is 1. The maximum absolute atomic E-state index is 12.1. The van der Waals surface area contributed by atoms with E-state index in [1.807, 2.05) is 67.6 Å². The van der Waals surface area contributed by atoms with Gasteiger partial charge in [0, 0.05) is 5.56 Å². The molecular formula is C29H28O4. The van der Waals surface area contributed by atoms with Crippen molar-refractivity contribution in [1.29, 1.82) is 0 Å². The standard InChI is InChI=1S/C29H28O4/c1-19(2)8-7-16-29(3)17-15-23-25(33-29)18-24(26(27(23)30)28(31)32)22-13-11-21(12-14-22)20-9-5-4-6-10-20/h4-6,8-15,17-18,30H,7,16H2,1-3H3,(H,31,32). The fourth-order valence-corrected chi connectivity index (χ4v) is 4.15. The molecule has 1 aliphatic heterocycles. The summed E-state index contributed by atoms with van der Waals surface area (Å²) in [6.07, 6.45) is 7.48. The third kappa shape index (κ3) is 4.70. The lowest BCUT2D eigenvalue weighted by Crippen LogP contribution is -2.31. The first-order valence-electron chi connectivity index (χ1n) is 11.1. The van der Waals surface area contributed by atoms with Crippen molar-refractivity contribution >= 4 is 12.0 Å². The van der Waals surface area contributed by atoms with Crippen molar-refractivity contribution in [3.05, 3.63) is 89.5 Å². The monoisotopic (exact) mass is 440 g/mol. The molecule has 0 bridgehead atoms. The number of hydrogen-bond donors (Lipinski definition) is 2. The third-order valence-electron chi connectivity index (χ3n) is 5.96. The van der Waals surface area contributed by atoms with E-state index in [2.05, 4.69) is 19.9 Å². The first-order chi connectivity index (χ1) is 15.8. The van der Waals surface area contributed by atoms with E-state index in [4.69, 9.17) is 4.74 Å². The number of hydrogen-bond acceptors (Lipinski definition) is 3. The van der Waals surface area contributed by atoms with Crippen molar-refractivity contribution < 1.29 is 19.7 Å². The summed E-state index contributed by atoms with van der Waals surface area (Å²) in [4.78, 5) is 12.1. The molecule has 4 rings (SSSR count). The Morgan fingerprint density at radius 3 is 2.27 bits per heavy atom. The van der Waals surface area contributed by atoms with Gasteiger partial charge in [-0.15, -0.1) is 0 Å². The van der Waals surface area contributed by atoms with Crippen molar-refractivity contribution in [1.82, 2.24) is 0 Å². The van der Waals surface area contributed by atoms with Crippen LogP contribution in [0.25, 0.3) is 28.3 Å². The number of fused-ring (bicyclic) bond motifs is 1. The molecule has 0 fully saturated rings. The van der Waals surface area contributed by atoms with Gasteiger partial charge in [0.25, 0.3) is 0 Å². The molecule has 0 aromatic heterocycles. The van der Waals surface area contributed by atoms with Crippen LogP contribution in [0.2, 0.25) is 0 Å². The fourth-order valence-electron chi connectivity index (χ4n) is 4.15. The van der Waals surface area contributed by atoms with Gasteiger partial charge in [0.2, 0.25) is 0 Å². The Hall–Kier alpha value is -3.79. The average Bonchev–Trinajstić information content (AvgIpc) is 2.79. The largest absolute Gasteiger partial charge is 0.506 e. The van der Waals surface area contributed by atoms with Crippen LogP contribution in [0.5, 0.6) is 11.5 Å². The predicted molar refractivity (Wildman–Crippen MR) is 133 cm³/mol. The number of allylic oxidation sites excluding steroid dienone is 2. The van der Waals surface area contributed by atoms with Crippen molar-refractivity contribution in [2.24, 2.45) is 0 Å². The maximum atomic E-state index is 12.1. The minimum Gasteiger partial charge on any atom is -0.506 e. The molecule has 33 heavy (non-hydrogen) atoms. The van der Waals surface area contributed by atoms with E-state index in [9.17, 15) is 15.0 Å². The molecule has 1 aliphatic rings. The molecule has 0 saturated carbocycles. The molecule has 0 amide bonds. The molecule has 0 saturated heterocycles. The molecule has 4 heteroatoms. The average molecular weight is 441 g/mol. The van der Waals surface area contributed by atoms with Crippen LogP contribution in [-0.2, 0) is 0 Å². The van der Waals surface area contributed by atoms with Gasteiger partial charge in [-0.05, 0) is 68.5 Å². The normalized spacial score (nSPS) is 16.6. The second-order valence-electron chi connectivity index (χ2n) is 8.88. The van der Waals surface area contributed by atoms with Gasteiger partial charge >= 0.3 is 5.97 Å². The zero-order valence-corrected chi connectivity index (χ0v) is 19.1. The Morgan fingerprint density at radius 1 is 1.00 bits per heavy atom. The molecule has 0 spiro atoms. The Balaban J connectivity index is 1.74. The number of phenols is 1. The molecule has 2 N–H and O–H groups in total. The summed E-state index contributed by atoms with van der Waals surface area (Å²) in [5, 5.41) is 20.8. The van der Waals surface area contributed by atoms with Gasteiger partial charge in [-0.25, -0.2) is 4.79 Å². The van der Waals surface area contributed by atoms with Crippen LogP contribution >= 0.6 is 0 Å². The van der Waals surface area contributed by atoms with Crippen molar-refractivity contribution in [2.45, 2.75) is 39.2 Å². The van der Waals surface area contributed by atoms with Gasteiger partial charge in [0.05, 0.1) is 5.56 Å². The lowest BCUT2D eigenvalue weighted by molar-refractivity contribution is 0.0694. The Bertz CT molecular complexity index is 1230. The molecule has 4 nitrogen and oxygen atoms in total. The highest BCUT2D eigenvalue weighted by molar-refractivity contribution is 6.01. The number of aromatic carboxylic acids is 1. The lowest BCUT2D eigenvalue weighted by atomic mass is 9.90. The molecule has 3 aromatic rings. The topological polar surface area (TPSA) is 66.8 Å². The zero-order chi connectivity index (χ0) is 23.6.